The van der Waals surface area contributed by atoms with Gasteiger partial charge in [0.1, 0.15) is 0 Å². The maximum absolute atomic E-state index is 11.5. The maximum atomic E-state index is 11.5. The topological polar surface area (TPSA) is 67.5 Å². The van der Waals surface area contributed by atoms with Crippen LogP contribution in [0.2, 0.25) is 0 Å². The molecule has 1 N–H and O–H groups in total. The molecule has 154 valence electrons. The largest absolute Gasteiger partial charge is 0.366 e. The number of carbonyl (C=O) groups excluding carboxylic acids is 1. The van der Waals surface area contributed by atoms with Crippen LogP contribution in [0.4, 0.5) is 5.69 Å². The number of fused-ring (bicyclic) bond motifs is 2. The van der Waals surface area contributed by atoms with E-state index in [1.165, 1.54) is 10.9 Å². The van der Waals surface area contributed by atoms with Crippen molar-refractivity contribution in [3.8, 4) is 11.3 Å². The first-order valence-corrected chi connectivity index (χ1v) is 10.3. The van der Waals surface area contributed by atoms with E-state index in [9.17, 15) is 4.79 Å². The number of aromatic nitrogens is 4. The number of nitrogens with one attached hydrogen (secondary N) is 1. The minimum atomic E-state index is 0.0212. The summed E-state index contributed by atoms with van der Waals surface area (Å²) in [6, 6.07) is 10.9. The molecule has 0 radical (unpaired) electrons. The van der Waals surface area contributed by atoms with E-state index in [0.29, 0.717) is 0 Å². The maximum Gasteiger partial charge on any atom is 0.217 e. The van der Waals surface area contributed by atoms with Crippen molar-refractivity contribution in [1.29, 1.82) is 0 Å². The second-order valence-corrected chi connectivity index (χ2v) is 8.28. The van der Waals surface area contributed by atoms with Crippen molar-refractivity contribution < 1.29 is 4.79 Å². The third-order valence-electron chi connectivity index (χ3n) is 5.96. The summed E-state index contributed by atoms with van der Waals surface area (Å²) in [7, 11) is 2.06. The summed E-state index contributed by atoms with van der Waals surface area (Å²) in [5, 5.41) is 9.07. The second-order valence-electron chi connectivity index (χ2n) is 8.28. The molecule has 4 heterocycles. The molecule has 1 atom stereocenters. The number of carbonyl (C=O) groups is 1. The molecule has 1 aliphatic rings. The van der Waals surface area contributed by atoms with E-state index in [0.717, 1.165) is 53.5 Å². The third kappa shape index (κ3) is 3.01. The van der Waals surface area contributed by atoms with E-state index < -0.39 is 0 Å². The van der Waals surface area contributed by atoms with Crippen LogP contribution in [0.5, 0.6) is 0 Å². The van der Waals surface area contributed by atoms with Crippen LogP contribution in [-0.2, 0) is 11.8 Å². The number of anilines is 1. The van der Waals surface area contributed by atoms with Crippen LogP contribution < -0.4 is 10.2 Å². The molecule has 0 spiro atoms. The van der Waals surface area contributed by atoms with Gasteiger partial charge >= 0.3 is 0 Å². The Bertz CT molecular complexity index is 1280. The lowest BCUT2D eigenvalue weighted by molar-refractivity contribution is -0.119. The Kier molecular flexibility index (Phi) is 4.27. The first-order valence-electron chi connectivity index (χ1n) is 10.3. The van der Waals surface area contributed by atoms with Crippen molar-refractivity contribution in [2.24, 2.45) is 7.05 Å². The van der Waals surface area contributed by atoms with Crippen molar-refractivity contribution in [3.05, 3.63) is 47.9 Å². The van der Waals surface area contributed by atoms with Crippen molar-refractivity contribution >= 4 is 28.1 Å². The Balaban J connectivity index is 1.62. The highest BCUT2D eigenvalue weighted by atomic mass is 16.1. The van der Waals surface area contributed by atoms with Gasteiger partial charge in [0.05, 0.1) is 22.8 Å². The first-order chi connectivity index (χ1) is 14.4. The van der Waals surface area contributed by atoms with Crippen LogP contribution in [0.1, 0.15) is 24.7 Å². The zero-order chi connectivity index (χ0) is 21.0. The molecule has 30 heavy (non-hydrogen) atoms. The number of hydrogen-bond donors (Lipinski definition) is 1. The Morgan fingerprint density at radius 1 is 1.20 bits per heavy atom. The Hall–Kier alpha value is -3.35. The van der Waals surface area contributed by atoms with Gasteiger partial charge in [0.2, 0.25) is 5.91 Å². The van der Waals surface area contributed by atoms with Gasteiger partial charge in [0, 0.05) is 50.4 Å². The van der Waals surface area contributed by atoms with Crippen LogP contribution >= 0.6 is 0 Å². The molecule has 1 saturated heterocycles. The lowest BCUT2D eigenvalue weighted by Gasteiger charge is -2.20. The fraction of sp³-hybridized carbons (Fsp3) is 0.348. The van der Waals surface area contributed by atoms with Crippen LogP contribution in [0.25, 0.3) is 27.8 Å². The summed E-state index contributed by atoms with van der Waals surface area (Å²) >= 11 is 0. The molecule has 4 aromatic rings. The highest BCUT2D eigenvalue weighted by Crippen LogP contribution is 2.32. The lowest BCUT2D eigenvalue weighted by atomic mass is 10.1. The smallest absolute Gasteiger partial charge is 0.217 e. The fourth-order valence-corrected chi connectivity index (χ4v) is 4.59. The van der Waals surface area contributed by atoms with Crippen LogP contribution in [0.15, 0.2) is 36.5 Å². The van der Waals surface area contributed by atoms with Gasteiger partial charge in [-0.3, -0.25) is 4.79 Å². The van der Waals surface area contributed by atoms with Crippen LogP contribution in [0.3, 0.4) is 0 Å². The van der Waals surface area contributed by atoms with Crippen molar-refractivity contribution in [2.75, 3.05) is 18.0 Å². The van der Waals surface area contributed by atoms with E-state index >= 15 is 0 Å². The molecule has 1 aromatic carbocycles. The standard InChI is InChI=1S/C23H26N6O/c1-14-11-21(28-10-8-19(13-28)25-16(3)30)23-24-15(2)22(29(23)26-14)18-6-5-17-7-9-27(4)20(17)12-18/h5-7,9,11-12,19H,8,10,13H2,1-4H3,(H,25,30). The zero-order valence-corrected chi connectivity index (χ0v) is 17.8. The van der Waals surface area contributed by atoms with E-state index in [2.05, 4.69) is 58.4 Å². The lowest BCUT2D eigenvalue weighted by Crippen LogP contribution is -2.35. The number of imidazole rings is 1. The number of hydrogen-bond acceptors (Lipinski definition) is 4. The van der Waals surface area contributed by atoms with Crippen molar-refractivity contribution in [3.63, 3.8) is 0 Å². The molecular formula is C23H26N6O. The predicted molar refractivity (Wildman–Crippen MR) is 119 cm³/mol. The Labute approximate surface area is 175 Å². The van der Waals surface area contributed by atoms with Crippen LogP contribution in [0, 0.1) is 13.8 Å². The highest BCUT2D eigenvalue weighted by Gasteiger charge is 2.27. The second kappa shape index (κ2) is 6.86. The molecule has 0 aliphatic carbocycles. The van der Waals surface area contributed by atoms with E-state index in [-0.39, 0.29) is 11.9 Å². The van der Waals surface area contributed by atoms with E-state index in [4.69, 9.17) is 10.1 Å². The monoisotopic (exact) mass is 402 g/mol. The summed E-state index contributed by atoms with van der Waals surface area (Å²) in [6.07, 6.45) is 3.01. The van der Waals surface area contributed by atoms with Gasteiger partial charge in [-0.05, 0) is 43.9 Å². The van der Waals surface area contributed by atoms with Crippen LogP contribution in [-0.4, -0.2) is 44.2 Å². The SMILES string of the molecule is CC(=O)NC1CCN(c2cc(C)nn3c(-c4ccc5ccn(C)c5c4)c(C)nc23)C1. The van der Waals surface area contributed by atoms with Crippen molar-refractivity contribution in [1.82, 2.24) is 24.5 Å². The summed E-state index contributed by atoms with van der Waals surface area (Å²) < 4.78 is 4.11. The third-order valence-corrected chi connectivity index (χ3v) is 5.96. The Morgan fingerprint density at radius 3 is 2.83 bits per heavy atom. The number of benzene rings is 1. The number of rotatable bonds is 3. The molecule has 1 amide bonds. The molecule has 0 saturated carbocycles. The number of amides is 1. The zero-order valence-electron chi connectivity index (χ0n) is 17.8. The van der Waals surface area contributed by atoms with Gasteiger partial charge in [-0.15, -0.1) is 0 Å². The number of aryl methyl sites for hydroxylation is 3. The summed E-state index contributed by atoms with van der Waals surface area (Å²) in [6.45, 7) is 7.31. The van der Waals surface area contributed by atoms with Gasteiger partial charge in [-0.2, -0.15) is 5.10 Å². The summed E-state index contributed by atoms with van der Waals surface area (Å²) in [4.78, 5) is 18.7. The molecule has 3 aromatic heterocycles. The molecular weight excluding hydrogens is 376 g/mol. The molecule has 0 bridgehead atoms. The minimum absolute atomic E-state index is 0.0212. The minimum Gasteiger partial charge on any atom is -0.366 e. The van der Waals surface area contributed by atoms with Gasteiger partial charge in [0.15, 0.2) is 5.65 Å². The predicted octanol–water partition coefficient (Wildman–Crippen LogP) is 3.22. The van der Waals surface area contributed by atoms with Crippen molar-refractivity contribution in [2.45, 2.75) is 33.2 Å². The number of nitrogens with zero attached hydrogens (tertiary/aromatic N) is 5. The van der Waals surface area contributed by atoms with Gasteiger partial charge in [0.25, 0.3) is 0 Å². The highest BCUT2D eigenvalue weighted by molar-refractivity contribution is 5.86. The fourth-order valence-electron chi connectivity index (χ4n) is 4.59. The van der Waals surface area contributed by atoms with E-state index in [1.807, 2.05) is 18.4 Å². The molecule has 1 fully saturated rings. The molecule has 1 unspecified atom stereocenters. The van der Waals surface area contributed by atoms with Gasteiger partial charge in [-0.1, -0.05) is 12.1 Å². The Morgan fingerprint density at radius 2 is 2.03 bits per heavy atom. The average Bonchev–Trinajstić information content (AvgIpc) is 3.38. The average molecular weight is 403 g/mol. The summed E-state index contributed by atoms with van der Waals surface area (Å²) in [5.41, 5.74) is 7.16. The quantitative estimate of drug-likeness (QED) is 0.571. The molecule has 7 heteroatoms. The summed E-state index contributed by atoms with van der Waals surface area (Å²) in [5.74, 6) is 0.0212. The van der Waals surface area contributed by atoms with Gasteiger partial charge < -0.3 is 14.8 Å². The normalized spacial score (nSPS) is 16.7. The molecule has 1 aliphatic heterocycles. The van der Waals surface area contributed by atoms with Gasteiger partial charge in [-0.25, -0.2) is 9.50 Å². The van der Waals surface area contributed by atoms with E-state index in [1.54, 1.807) is 6.92 Å². The molecule has 5 rings (SSSR count). The first kappa shape index (κ1) is 18.7. The molecule has 7 nitrogen and oxygen atoms in total.